The highest BCUT2D eigenvalue weighted by atomic mass is 16.6. The maximum atomic E-state index is 5.77. The number of rotatable bonds is 3. The number of hydrogen-bond donors (Lipinski definition) is 2. The molecule has 0 bridgehead atoms. The van der Waals surface area contributed by atoms with Gasteiger partial charge in [0.15, 0.2) is 11.0 Å². The Bertz CT molecular complexity index is 686. The molecule has 2 heterocycles. The first-order valence-electron chi connectivity index (χ1n) is 5.54. The zero-order valence-corrected chi connectivity index (χ0v) is 9.80. The Morgan fingerprint density at radius 3 is 2.78 bits per heavy atom. The lowest BCUT2D eigenvalue weighted by Gasteiger charge is -2.04. The van der Waals surface area contributed by atoms with Crippen molar-refractivity contribution in [1.29, 1.82) is 0 Å². The highest BCUT2D eigenvalue weighted by Gasteiger charge is 2.10. The van der Waals surface area contributed by atoms with Crippen molar-refractivity contribution in [3.8, 4) is 0 Å². The lowest BCUT2D eigenvalue weighted by atomic mass is 10.2. The maximum Gasteiger partial charge on any atom is 0.160 e. The summed E-state index contributed by atoms with van der Waals surface area (Å²) in [6.07, 6.45) is 0. The molecular formula is C12H12N4O2. The monoisotopic (exact) mass is 244 g/mol. The molecule has 1 aromatic carbocycles. The van der Waals surface area contributed by atoms with E-state index in [-0.39, 0.29) is 0 Å². The summed E-state index contributed by atoms with van der Waals surface area (Å²) >= 11 is 0. The third kappa shape index (κ3) is 1.77. The Labute approximate surface area is 103 Å². The normalized spacial score (nSPS) is 10.9. The summed E-state index contributed by atoms with van der Waals surface area (Å²) in [6.45, 7) is 2.48. The number of nitrogen functional groups attached to an aromatic ring is 1. The van der Waals surface area contributed by atoms with Crippen molar-refractivity contribution < 1.29 is 9.05 Å². The Morgan fingerprint density at radius 2 is 2.00 bits per heavy atom. The molecule has 0 saturated carbocycles. The molecule has 0 aliphatic rings. The van der Waals surface area contributed by atoms with Gasteiger partial charge in [-0.15, -0.1) is 0 Å². The molecule has 3 aromatic rings. The summed E-state index contributed by atoms with van der Waals surface area (Å²) in [7, 11) is 0. The molecule has 0 fully saturated rings. The van der Waals surface area contributed by atoms with Crippen LogP contribution in [0.4, 0.5) is 11.4 Å². The van der Waals surface area contributed by atoms with Crippen molar-refractivity contribution in [1.82, 2.24) is 10.3 Å². The smallest absolute Gasteiger partial charge is 0.160 e. The van der Waals surface area contributed by atoms with Crippen LogP contribution in [0.1, 0.15) is 11.5 Å². The fourth-order valence-corrected chi connectivity index (χ4v) is 1.79. The van der Waals surface area contributed by atoms with E-state index in [9.17, 15) is 0 Å². The number of aryl methyl sites for hydroxylation is 1. The molecule has 0 saturated heterocycles. The van der Waals surface area contributed by atoms with Crippen LogP contribution in [0.3, 0.4) is 0 Å². The molecule has 18 heavy (non-hydrogen) atoms. The van der Waals surface area contributed by atoms with Gasteiger partial charge in [-0.25, -0.2) is 4.63 Å². The van der Waals surface area contributed by atoms with Crippen LogP contribution in [0.5, 0.6) is 0 Å². The van der Waals surface area contributed by atoms with Gasteiger partial charge in [-0.1, -0.05) is 0 Å². The topological polar surface area (TPSA) is 90.1 Å². The number of nitrogens with zero attached hydrogens (tertiary/aromatic N) is 2. The number of nitrogens with two attached hydrogens (primary N) is 1. The van der Waals surface area contributed by atoms with Gasteiger partial charge in [-0.3, -0.25) is 0 Å². The van der Waals surface area contributed by atoms with E-state index in [4.69, 9.17) is 14.8 Å². The minimum atomic E-state index is 0.547. The van der Waals surface area contributed by atoms with E-state index in [1.807, 2.05) is 25.1 Å². The Hall–Kier alpha value is -2.50. The van der Waals surface area contributed by atoms with Gasteiger partial charge in [-0.2, -0.15) is 0 Å². The van der Waals surface area contributed by atoms with Crippen LogP contribution in [-0.4, -0.2) is 10.3 Å². The lowest BCUT2D eigenvalue weighted by Crippen LogP contribution is -1.99. The first kappa shape index (κ1) is 10.6. The van der Waals surface area contributed by atoms with E-state index in [2.05, 4.69) is 15.6 Å². The van der Waals surface area contributed by atoms with Gasteiger partial charge in [0.25, 0.3) is 0 Å². The lowest BCUT2D eigenvalue weighted by molar-refractivity contribution is 0.315. The van der Waals surface area contributed by atoms with Crippen LogP contribution >= 0.6 is 0 Å². The van der Waals surface area contributed by atoms with E-state index in [0.29, 0.717) is 23.3 Å². The second-order valence-electron chi connectivity index (χ2n) is 4.03. The largest absolute Gasteiger partial charge is 0.465 e. The first-order valence-corrected chi connectivity index (χ1v) is 5.54. The number of furan rings is 1. The van der Waals surface area contributed by atoms with Gasteiger partial charge in [0, 0.05) is 0 Å². The third-order valence-electron chi connectivity index (χ3n) is 2.70. The average Bonchev–Trinajstić information content (AvgIpc) is 2.98. The van der Waals surface area contributed by atoms with E-state index in [1.54, 1.807) is 6.07 Å². The molecule has 0 amide bonds. The maximum absolute atomic E-state index is 5.77. The van der Waals surface area contributed by atoms with Crippen molar-refractivity contribution in [2.75, 3.05) is 11.1 Å². The van der Waals surface area contributed by atoms with Crippen LogP contribution in [0.15, 0.2) is 33.3 Å². The van der Waals surface area contributed by atoms with Gasteiger partial charge in [0.05, 0.1) is 17.9 Å². The summed E-state index contributed by atoms with van der Waals surface area (Å²) in [5.74, 6) is 1.74. The fraction of sp³-hybridized carbons (Fsp3) is 0.167. The zero-order valence-electron chi connectivity index (χ0n) is 9.80. The molecule has 3 rings (SSSR count). The van der Waals surface area contributed by atoms with Gasteiger partial charge < -0.3 is 15.5 Å². The quantitative estimate of drug-likeness (QED) is 0.687. The summed E-state index contributed by atoms with van der Waals surface area (Å²) < 4.78 is 10.2. The molecule has 2 aromatic heterocycles. The van der Waals surface area contributed by atoms with E-state index < -0.39 is 0 Å². The molecule has 0 atom stereocenters. The average molecular weight is 244 g/mol. The molecule has 0 radical (unpaired) electrons. The second-order valence-corrected chi connectivity index (χ2v) is 4.03. The van der Waals surface area contributed by atoms with Crippen molar-refractivity contribution >= 4 is 22.4 Å². The zero-order chi connectivity index (χ0) is 12.5. The van der Waals surface area contributed by atoms with Crippen LogP contribution in [0.25, 0.3) is 11.0 Å². The number of aromatic nitrogens is 2. The molecule has 0 aliphatic carbocycles. The predicted molar refractivity (Wildman–Crippen MR) is 67.0 cm³/mol. The van der Waals surface area contributed by atoms with Gasteiger partial charge in [-0.05, 0) is 41.5 Å². The Kier molecular flexibility index (Phi) is 2.40. The van der Waals surface area contributed by atoms with E-state index in [0.717, 1.165) is 17.2 Å². The minimum absolute atomic E-state index is 0.547. The molecule has 0 spiro atoms. The summed E-state index contributed by atoms with van der Waals surface area (Å²) in [5, 5.41) is 10.8. The molecule has 3 N–H and O–H groups in total. The van der Waals surface area contributed by atoms with E-state index in [1.165, 1.54) is 0 Å². The second kappa shape index (κ2) is 4.06. The van der Waals surface area contributed by atoms with Gasteiger partial charge in [0.2, 0.25) is 0 Å². The number of benzene rings is 1. The van der Waals surface area contributed by atoms with Crippen LogP contribution < -0.4 is 11.1 Å². The molecular weight excluding hydrogens is 232 g/mol. The summed E-state index contributed by atoms with van der Waals surface area (Å²) in [6, 6.07) is 7.46. The Morgan fingerprint density at radius 1 is 1.17 bits per heavy atom. The molecule has 6 heteroatoms. The molecule has 0 unspecified atom stereocenters. The first-order chi connectivity index (χ1) is 8.74. The van der Waals surface area contributed by atoms with Crippen molar-refractivity contribution in [3.63, 3.8) is 0 Å². The standard InChI is InChI=1S/C12H12N4O2/c1-7-2-3-8(17-7)6-14-10-5-4-9(13)11-12(10)16-18-15-11/h2-5,14H,6,13H2,1H3. The minimum Gasteiger partial charge on any atom is -0.465 e. The number of fused-ring (bicyclic) bond motifs is 1. The van der Waals surface area contributed by atoms with E-state index >= 15 is 0 Å². The fourth-order valence-electron chi connectivity index (χ4n) is 1.79. The SMILES string of the molecule is Cc1ccc(CNc2ccc(N)c3nonc23)o1. The number of anilines is 2. The van der Waals surface area contributed by atoms with Crippen molar-refractivity contribution in [3.05, 3.63) is 35.8 Å². The summed E-state index contributed by atoms with van der Waals surface area (Å²) in [5.41, 5.74) is 8.32. The van der Waals surface area contributed by atoms with Crippen LogP contribution in [0.2, 0.25) is 0 Å². The predicted octanol–water partition coefficient (Wildman–Crippen LogP) is 2.32. The van der Waals surface area contributed by atoms with Gasteiger partial charge >= 0.3 is 0 Å². The van der Waals surface area contributed by atoms with Gasteiger partial charge in [0.1, 0.15) is 11.5 Å². The summed E-state index contributed by atoms with van der Waals surface area (Å²) in [4.78, 5) is 0. The highest BCUT2D eigenvalue weighted by Crippen LogP contribution is 2.25. The van der Waals surface area contributed by atoms with Crippen molar-refractivity contribution in [2.24, 2.45) is 0 Å². The molecule has 6 nitrogen and oxygen atoms in total. The van der Waals surface area contributed by atoms with Crippen LogP contribution in [-0.2, 0) is 6.54 Å². The number of hydrogen-bond acceptors (Lipinski definition) is 6. The molecule has 92 valence electrons. The van der Waals surface area contributed by atoms with Crippen LogP contribution in [0, 0.1) is 6.92 Å². The van der Waals surface area contributed by atoms with Crippen molar-refractivity contribution in [2.45, 2.75) is 13.5 Å². The Balaban J connectivity index is 1.86. The highest BCUT2D eigenvalue weighted by molar-refractivity contribution is 5.94. The number of nitrogens with one attached hydrogen (secondary N) is 1. The molecule has 0 aliphatic heterocycles. The third-order valence-corrected chi connectivity index (χ3v) is 2.70.